The zero-order valence-electron chi connectivity index (χ0n) is 17.1. The average molecular weight is 438 g/mol. The Morgan fingerprint density at radius 1 is 1.39 bits per heavy atom. The largest absolute Gasteiger partial charge is 0.489 e. The molecular weight excluding hydrogens is 417 g/mol. The van der Waals surface area contributed by atoms with Gasteiger partial charge in [-0.2, -0.15) is 13.2 Å². The van der Waals surface area contributed by atoms with E-state index in [1.165, 1.54) is 0 Å². The number of benzene rings is 1. The van der Waals surface area contributed by atoms with Gasteiger partial charge in [-0.25, -0.2) is 9.97 Å². The summed E-state index contributed by atoms with van der Waals surface area (Å²) in [5, 5.41) is 2.37. The molecule has 0 saturated heterocycles. The number of anilines is 1. The van der Waals surface area contributed by atoms with Crippen LogP contribution in [0.2, 0.25) is 0 Å². The summed E-state index contributed by atoms with van der Waals surface area (Å²) in [6.07, 6.45) is -3.14. The topological polar surface area (TPSA) is 93.7 Å². The molecule has 1 N–H and O–H groups in total. The normalized spacial score (nSPS) is 18.8. The molecule has 0 radical (unpaired) electrons. The molecule has 2 aromatic rings. The number of alkyl halides is 3. The lowest BCUT2D eigenvalue weighted by atomic mass is 10.0. The SMILES string of the molecule is CN(C)c1ccccc1OC[C@@H](C=O)NC(=O)c1ncc2c(n1)C(C)(C(F)(F)F)OC2. The fourth-order valence-corrected chi connectivity index (χ4v) is 3.02. The van der Waals surface area contributed by atoms with E-state index >= 15 is 0 Å². The molecule has 1 aromatic carbocycles. The molecule has 0 saturated carbocycles. The van der Waals surface area contributed by atoms with Gasteiger partial charge in [-0.1, -0.05) is 12.1 Å². The molecule has 1 aromatic heterocycles. The van der Waals surface area contributed by atoms with E-state index in [0.717, 1.165) is 18.8 Å². The highest BCUT2D eigenvalue weighted by Gasteiger charge is 2.58. The maximum atomic E-state index is 13.4. The van der Waals surface area contributed by atoms with Gasteiger partial charge in [-0.05, 0) is 19.1 Å². The summed E-state index contributed by atoms with van der Waals surface area (Å²) in [5.74, 6) is -0.901. The minimum atomic E-state index is -4.72. The van der Waals surface area contributed by atoms with Crippen molar-refractivity contribution >= 4 is 17.9 Å². The van der Waals surface area contributed by atoms with Crippen LogP contribution >= 0.6 is 0 Å². The van der Waals surface area contributed by atoms with Crippen LogP contribution in [0.1, 0.15) is 28.8 Å². The van der Waals surface area contributed by atoms with E-state index in [9.17, 15) is 22.8 Å². The Labute approximate surface area is 176 Å². The maximum absolute atomic E-state index is 13.4. The van der Waals surface area contributed by atoms with E-state index in [1.54, 1.807) is 12.1 Å². The number of amides is 1. The summed E-state index contributed by atoms with van der Waals surface area (Å²) in [4.78, 5) is 33.3. The maximum Gasteiger partial charge on any atom is 0.422 e. The summed E-state index contributed by atoms with van der Waals surface area (Å²) in [5.41, 5.74) is -2.14. The molecule has 3 rings (SSSR count). The zero-order chi connectivity index (χ0) is 22.8. The summed E-state index contributed by atoms with van der Waals surface area (Å²) in [6.45, 7) is 0.343. The molecule has 1 aliphatic rings. The van der Waals surface area contributed by atoms with Crippen LogP contribution < -0.4 is 15.0 Å². The van der Waals surface area contributed by atoms with Crippen LogP contribution in [0.25, 0.3) is 0 Å². The second-order valence-electron chi connectivity index (χ2n) is 7.28. The number of aromatic nitrogens is 2. The first-order valence-corrected chi connectivity index (χ1v) is 9.29. The fraction of sp³-hybridized carbons (Fsp3) is 0.400. The molecule has 0 aliphatic carbocycles. The van der Waals surface area contributed by atoms with Gasteiger partial charge < -0.3 is 24.5 Å². The van der Waals surface area contributed by atoms with E-state index in [0.29, 0.717) is 12.0 Å². The van der Waals surface area contributed by atoms with E-state index in [-0.39, 0.29) is 18.8 Å². The van der Waals surface area contributed by atoms with E-state index in [1.807, 2.05) is 31.1 Å². The number of rotatable bonds is 7. The van der Waals surface area contributed by atoms with Gasteiger partial charge in [0.2, 0.25) is 11.4 Å². The van der Waals surface area contributed by atoms with Crippen molar-refractivity contribution in [2.75, 3.05) is 25.6 Å². The Bertz CT molecular complexity index is 983. The molecule has 8 nitrogen and oxygen atoms in total. The zero-order valence-corrected chi connectivity index (χ0v) is 17.1. The Kier molecular flexibility index (Phi) is 6.16. The number of aldehydes is 1. The molecule has 0 spiro atoms. The van der Waals surface area contributed by atoms with Gasteiger partial charge in [-0.15, -0.1) is 0 Å². The summed E-state index contributed by atoms with van der Waals surface area (Å²) in [7, 11) is 3.65. The Hall–Kier alpha value is -3.21. The molecule has 1 amide bonds. The predicted octanol–water partition coefficient (Wildman–Crippen LogP) is 2.23. The number of fused-ring (bicyclic) bond motifs is 1. The lowest BCUT2D eigenvalue weighted by Crippen LogP contribution is -2.42. The van der Waals surface area contributed by atoms with Crippen LogP contribution in [-0.4, -0.2) is 55.1 Å². The summed E-state index contributed by atoms with van der Waals surface area (Å²) < 4.78 is 50.8. The highest BCUT2D eigenvalue weighted by Crippen LogP contribution is 2.46. The Morgan fingerprint density at radius 2 is 2.10 bits per heavy atom. The van der Waals surface area contributed by atoms with Crippen LogP contribution in [0.5, 0.6) is 5.75 Å². The van der Waals surface area contributed by atoms with Crippen molar-refractivity contribution in [2.24, 2.45) is 0 Å². The van der Waals surface area contributed by atoms with Crippen molar-refractivity contribution in [3.8, 4) is 5.75 Å². The first-order valence-electron chi connectivity index (χ1n) is 9.29. The number of halogens is 3. The number of nitrogens with zero attached hydrogens (tertiary/aromatic N) is 3. The number of ether oxygens (including phenoxy) is 2. The second-order valence-corrected chi connectivity index (χ2v) is 7.28. The molecule has 2 heterocycles. The van der Waals surface area contributed by atoms with Gasteiger partial charge >= 0.3 is 6.18 Å². The number of nitrogens with one attached hydrogen (secondary N) is 1. The van der Waals surface area contributed by atoms with E-state index < -0.39 is 35.2 Å². The number of hydrogen-bond acceptors (Lipinski definition) is 7. The van der Waals surface area contributed by atoms with Crippen molar-refractivity contribution in [3.05, 3.63) is 47.5 Å². The minimum absolute atomic E-state index is 0.145. The third-order valence-electron chi connectivity index (χ3n) is 4.82. The van der Waals surface area contributed by atoms with Crippen LogP contribution in [0.15, 0.2) is 30.5 Å². The van der Waals surface area contributed by atoms with Gasteiger partial charge in [0, 0.05) is 25.9 Å². The molecule has 31 heavy (non-hydrogen) atoms. The Balaban J connectivity index is 1.73. The van der Waals surface area contributed by atoms with Gasteiger partial charge in [-0.3, -0.25) is 4.79 Å². The predicted molar refractivity (Wildman–Crippen MR) is 104 cm³/mol. The van der Waals surface area contributed by atoms with Crippen LogP contribution in [0.4, 0.5) is 18.9 Å². The third kappa shape index (κ3) is 4.46. The van der Waals surface area contributed by atoms with E-state index in [4.69, 9.17) is 9.47 Å². The average Bonchev–Trinajstić information content (AvgIpc) is 3.08. The summed E-state index contributed by atoms with van der Waals surface area (Å²) in [6, 6.07) is 6.05. The summed E-state index contributed by atoms with van der Waals surface area (Å²) >= 11 is 0. The molecule has 166 valence electrons. The molecule has 0 bridgehead atoms. The first-order chi connectivity index (χ1) is 14.6. The third-order valence-corrected chi connectivity index (χ3v) is 4.82. The van der Waals surface area contributed by atoms with Crippen molar-refractivity contribution in [1.29, 1.82) is 0 Å². The van der Waals surface area contributed by atoms with Gasteiger partial charge in [0.05, 0.1) is 18.0 Å². The van der Waals surface area contributed by atoms with Crippen LogP contribution in [0, 0.1) is 0 Å². The molecule has 1 aliphatic heterocycles. The van der Waals surface area contributed by atoms with Gasteiger partial charge in [0.1, 0.15) is 24.7 Å². The minimum Gasteiger partial charge on any atom is -0.489 e. The van der Waals surface area contributed by atoms with Gasteiger partial charge in [0.15, 0.2) is 0 Å². The van der Waals surface area contributed by atoms with Crippen LogP contribution in [0.3, 0.4) is 0 Å². The van der Waals surface area contributed by atoms with Crippen molar-refractivity contribution in [1.82, 2.24) is 15.3 Å². The number of carbonyl (C=O) groups excluding carboxylic acids is 2. The Morgan fingerprint density at radius 3 is 2.74 bits per heavy atom. The molecule has 1 unspecified atom stereocenters. The molecule has 2 atom stereocenters. The second kappa shape index (κ2) is 8.50. The smallest absolute Gasteiger partial charge is 0.422 e. The molecule has 11 heteroatoms. The highest BCUT2D eigenvalue weighted by atomic mass is 19.4. The lowest BCUT2D eigenvalue weighted by molar-refractivity contribution is -0.273. The monoisotopic (exact) mass is 438 g/mol. The number of para-hydroxylation sites is 2. The molecular formula is C20H21F3N4O4. The highest BCUT2D eigenvalue weighted by molar-refractivity contribution is 5.92. The van der Waals surface area contributed by atoms with Crippen molar-refractivity contribution in [3.63, 3.8) is 0 Å². The first kappa shape index (κ1) is 22.5. The van der Waals surface area contributed by atoms with Crippen LogP contribution in [-0.2, 0) is 21.7 Å². The van der Waals surface area contributed by atoms with E-state index in [2.05, 4.69) is 15.3 Å². The standard InChI is InChI=1S/C20H21F3N4O4/c1-19(20(21,22)23)16-12(10-31-19)8-24-17(26-16)18(29)25-13(9-28)11-30-15-7-5-4-6-14(15)27(2)3/h4-9,13H,10-11H2,1-3H3,(H,25,29)/t13-,19?/m1/s1. The van der Waals surface area contributed by atoms with Crippen molar-refractivity contribution in [2.45, 2.75) is 31.3 Å². The fourth-order valence-electron chi connectivity index (χ4n) is 3.02. The quantitative estimate of drug-likeness (QED) is 0.663. The van der Waals surface area contributed by atoms with Gasteiger partial charge in [0.25, 0.3) is 5.91 Å². The van der Waals surface area contributed by atoms with Crippen molar-refractivity contribution < 1.29 is 32.2 Å². The lowest BCUT2D eigenvalue weighted by Gasteiger charge is -2.26. The number of carbonyl (C=O) groups is 2. The number of hydrogen-bond donors (Lipinski definition) is 1. The molecule has 0 fully saturated rings.